The molecule has 1 saturated heterocycles. The molecule has 2 atom stereocenters. The number of nitrogens with zero attached hydrogens (tertiary/aromatic N) is 3. The molecule has 18 heavy (non-hydrogen) atoms. The summed E-state index contributed by atoms with van der Waals surface area (Å²) < 4.78 is 0.312. The number of likely N-dealkylation sites (N-methyl/N-ethyl adjacent to an activating group) is 1. The van der Waals surface area contributed by atoms with E-state index in [2.05, 4.69) is 0 Å². The summed E-state index contributed by atoms with van der Waals surface area (Å²) in [6, 6.07) is 0. The van der Waals surface area contributed by atoms with E-state index in [1.54, 1.807) is 12.2 Å². The summed E-state index contributed by atoms with van der Waals surface area (Å²) in [5.74, 6) is 0. The quantitative estimate of drug-likeness (QED) is 0.177. The van der Waals surface area contributed by atoms with Crippen LogP contribution in [-0.2, 0) is 0 Å². The highest BCUT2D eigenvalue weighted by Gasteiger charge is 2.66. The first-order valence-corrected chi connectivity index (χ1v) is 5.50. The molecule has 2 rings (SSSR count). The van der Waals surface area contributed by atoms with Crippen LogP contribution in [0.5, 0.6) is 0 Å². The second kappa shape index (κ2) is 4.41. The standard InChI is InChI=1S/C10H16N3O4.HI/c1-13(2)7-9(11(14)15)4-3-5-10(6-9,8-13)12(16)17;/h3-4H,5-8H2,1-2H3;1H/q+1;/p-1. The minimum Gasteiger partial charge on any atom is -1.00 e. The summed E-state index contributed by atoms with van der Waals surface area (Å²) >= 11 is 0. The van der Waals surface area contributed by atoms with Gasteiger partial charge in [0.05, 0.1) is 14.1 Å². The van der Waals surface area contributed by atoms with Gasteiger partial charge in [-0.05, 0) is 6.08 Å². The van der Waals surface area contributed by atoms with Crippen LogP contribution in [0.4, 0.5) is 0 Å². The van der Waals surface area contributed by atoms with Crippen molar-refractivity contribution in [2.75, 3.05) is 27.2 Å². The fourth-order valence-corrected chi connectivity index (χ4v) is 3.40. The van der Waals surface area contributed by atoms with Crippen molar-refractivity contribution in [2.24, 2.45) is 0 Å². The van der Waals surface area contributed by atoms with Crippen LogP contribution in [-0.4, -0.2) is 52.6 Å². The van der Waals surface area contributed by atoms with Crippen molar-refractivity contribution in [3.05, 3.63) is 32.4 Å². The Balaban J connectivity index is 0.00000162. The number of fused-ring (bicyclic) bond motifs is 2. The van der Waals surface area contributed by atoms with Gasteiger partial charge in [-0.25, -0.2) is 0 Å². The average Bonchev–Trinajstić information content (AvgIpc) is 2.14. The Kier molecular flexibility index (Phi) is 3.74. The number of likely N-dealkylation sites (tertiary alicyclic amines) is 1. The largest absolute Gasteiger partial charge is 1.00 e. The Morgan fingerprint density at radius 1 is 1.17 bits per heavy atom. The summed E-state index contributed by atoms with van der Waals surface area (Å²) in [6.07, 6.45) is 3.46. The average molecular weight is 369 g/mol. The van der Waals surface area contributed by atoms with Crippen LogP contribution < -0.4 is 24.0 Å². The van der Waals surface area contributed by atoms with E-state index in [9.17, 15) is 20.2 Å². The van der Waals surface area contributed by atoms with E-state index in [4.69, 9.17) is 0 Å². The molecule has 0 aromatic rings. The molecule has 0 radical (unpaired) electrons. The van der Waals surface area contributed by atoms with E-state index >= 15 is 0 Å². The summed E-state index contributed by atoms with van der Waals surface area (Å²) in [4.78, 5) is 21.9. The molecule has 0 saturated carbocycles. The molecule has 1 aliphatic carbocycles. The molecule has 2 bridgehead atoms. The van der Waals surface area contributed by atoms with Crippen LogP contribution in [0.2, 0.25) is 0 Å². The Labute approximate surface area is 122 Å². The maximum atomic E-state index is 11.3. The van der Waals surface area contributed by atoms with Gasteiger partial charge in [0.2, 0.25) is 0 Å². The lowest BCUT2D eigenvalue weighted by Gasteiger charge is -2.46. The van der Waals surface area contributed by atoms with Gasteiger partial charge in [0.15, 0.2) is 13.1 Å². The van der Waals surface area contributed by atoms with E-state index in [1.165, 1.54) is 0 Å². The number of halogens is 1. The van der Waals surface area contributed by atoms with Gasteiger partial charge in [-0.2, -0.15) is 0 Å². The van der Waals surface area contributed by atoms with Gasteiger partial charge >= 0.3 is 0 Å². The van der Waals surface area contributed by atoms with Gasteiger partial charge < -0.3 is 28.5 Å². The van der Waals surface area contributed by atoms with Crippen molar-refractivity contribution in [3.8, 4) is 0 Å². The van der Waals surface area contributed by atoms with Gasteiger partial charge in [0, 0.05) is 16.3 Å². The van der Waals surface area contributed by atoms with E-state index in [-0.39, 0.29) is 46.7 Å². The number of piperidine rings is 1. The molecule has 2 unspecified atom stereocenters. The number of hydrogen-bond donors (Lipinski definition) is 0. The molecule has 0 aromatic heterocycles. The highest BCUT2D eigenvalue weighted by atomic mass is 127. The maximum absolute atomic E-state index is 11.3. The SMILES string of the molecule is C[N+]1(C)CC2([N+](=O)[O-])C=CCC([N+](=O)[O-])(C2)C1.[I-]. The Morgan fingerprint density at radius 3 is 2.28 bits per heavy atom. The molecule has 0 spiro atoms. The van der Waals surface area contributed by atoms with Gasteiger partial charge in [0.1, 0.15) is 6.42 Å². The highest BCUT2D eigenvalue weighted by molar-refractivity contribution is 5.14. The highest BCUT2D eigenvalue weighted by Crippen LogP contribution is 2.41. The summed E-state index contributed by atoms with van der Waals surface area (Å²) in [6.45, 7) is 0.659. The topological polar surface area (TPSA) is 86.3 Å². The first-order chi connectivity index (χ1) is 7.72. The summed E-state index contributed by atoms with van der Waals surface area (Å²) in [7, 11) is 3.63. The number of rotatable bonds is 2. The molecule has 0 amide bonds. The Bertz CT molecular complexity index is 425. The minimum atomic E-state index is -1.27. The molecular formula is C10H16IN3O4. The third-order valence-electron chi connectivity index (χ3n) is 3.74. The maximum Gasteiger partial charge on any atom is 0.294 e. The second-order valence-corrected chi connectivity index (χ2v) is 5.88. The molecule has 1 aliphatic heterocycles. The zero-order chi connectivity index (χ0) is 12.9. The predicted octanol–water partition coefficient (Wildman–Crippen LogP) is -2.54. The lowest BCUT2D eigenvalue weighted by atomic mass is 9.71. The Morgan fingerprint density at radius 2 is 1.78 bits per heavy atom. The molecule has 102 valence electrons. The second-order valence-electron chi connectivity index (χ2n) is 5.88. The molecule has 1 heterocycles. The number of hydrogen-bond acceptors (Lipinski definition) is 4. The van der Waals surface area contributed by atoms with Crippen molar-refractivity contribution in [1.29, 1.82) is 0 Å². The number of nitro groups is 2. The first-order valence-electron chi connectivity index (χ1n) is 5.50. The molecule has 0 aromatic carbocycles. The summed E-state index contributed by atoms with van der Waals surface area (Å²) in [5, 5.41) is 22.5. The lowest BCUT2D eigenvalue weighted by Crippen LogP contribution is -3.00. The van der Waals surface area contributed by atoms with Crippen LogP contribution in [0.15, 0.2) is 12.2 Å². The zero-order valence-corrected chi connectivity index (χ0v) is 12.5. The van der Waals surface area contributed by atoms with Gasteiger partial charge in [-0.1, -0.05) is 6.08 Å². The smallest absolute Gasteiger partial charge is 0.294 e. The van der Waals surface area contributed by atoms with Crippen molar-refractivity contribution in [3.63, 3.8) is 0 Å². The molecule has 0 N–H and O–H groups in total. The van der Waals surface area contributed by atoms with Crippen LogP contribution in [0.3, 0.4) is 0 Å². The Hall–Kier alpha value is -0.770. The van der Waals surface area contributed by atoms with Crippen LogP contribution in [0.1, 0.15) is 12.8 Å². The predicted molar refractivity (Wildman–Crippen MR) is 59.7 cm³/mol. The van der Waals surface area contributed by atoms with Crippen LogP contribution >= 0.6 is 0 Å². The van der Waals surface area contributed by atoms with E-state index < -0.39 is 11.1 Å². The molecule has 1 fully saturated rings. The van der Waals surface area contributed by atoms with Crippen LogP contribution in [0.25, 0.3) is 0 Å². The van der Waals surface area contributed by atoms with Crippen LogP contribution in [0, 0.1) is 20.2 Å². The monoisotopic (exact) mass is 369 g/mol. The third kappa shape index (κ3) is 2.22. The molecule has 7 nitrogen and oxygen atoms in total. The minimum absolute atomic E-state index is 0. The first kappa shape index (κ1) is 15.3. The van der Waals surface area contributed by atoms with Gasteiger partial charge in [-0.3, -0.25) is 20.2 Å². The van der Waals surface area contributed by atoms with Crippen molar-refractivity contribution in [1.82, 2.24) is 0 Å². The lowest BCUT2D eigenvalue weighted by molar-refractivity contribution is -0.933. The molecule has 2 aliphatic rings. The number of quaternary nitrogens is 1. The van der Waals surface area contributed by atoms with E-state index in [1.807, 2.05) is 14.1 Å². The van der Waals surface area contributed by atoms with Crippen molar-refractivity contribution >= 4 is 0 Å². The van der Waals surface area contributed by atoms with Crippen molar-refractivity contribution < 1.29 is 38.3 Å². The van der Waals surface area contributed by atoms with Gasteiger partial charge in [0.25, 0.3) is 11.1 Å². The molecular weight excluding hydrogens is 353 g/mol. The summed E-state index contributed by atoms with van der Waals surface area (Å²) in [5.41, 5.74) is -2.45. The normalized spacial score (nSPS) is 36.6. The fraction of sp³-hybridized carbons (Fsp3) is 0.800. The van der Waals surface area contributed by atoms with E-state index in [0.717, 1.165) is 0 Å². The van der Waals surface area contributed by atoms with E-state index in [0.29, 0.717) is 17.6 Å². The molecule has 8 heteroatoms. The third-order valence-corrected chi connectivity index (χ3v) is 3.74. The van der Waals surface area contributed by atoms with Gasteiger partial charge in [-0.15, -0.1) is 0 Å². The zero-order valence-electron chi connectivity index (χ0n) is 10.3. The fourth-order valence-electron chi connectivity index (χ4n) is 3.40. The van der Waals surface area contributed by atoms with Crippen molar-refractivity contribution in [2.45, 2.75) is 23.9 Å².